The summed E-state index contributed by atoms with van der Waals surface area (Å²) in [6.45, 7) is 1.93. The third kappa shape index (κ3) is 5.06. The fourth-order valence-electron chi connectivity index (χ4n) is 0.496. The molecule has 12 heavy (non-hydrogen) atoms. The molecule has 0 heterocycles. The standard InChI is InChI=1S/C8H11N3O/c1-3-7(4-2)5-6-10-11-8(9)12/h1,5-6H,4H2,2H3,(H3,9,11,12)/b7-5+,10-6+. The van der Waals surface area contributed by atoms with E-state index in [9.17, 15) is 4.79 Å². The molecule has 4 nitrogen and oxygen atoms in total. The van der Waals surface area contributed by atoms with E-state index in [0.29, 0.717) is 0 Å². The van der Waals surface area contributed by atoms with E-state index >= 15 is 0 Å². The molecule has 0 aromatic heterocycles. The molecular weight excluding hydrogens is 154 g/mol. The summed E-state index contributed by atoms with van der Waals surface area (Å²) in [5, 5.41) is 3.49. The maximum absolute atomic E-state index is 10.1. The first-order valence-corrected chi connectivity index (χ1v) is 3.45. The number of amides is 2. The zero-order chi connectivity index (χ0) is 9.40. The fraction of sp³-hybridized carbons (Fsp3) is 0.250. The molecule has 0 rings (SSSR count). The minimum atomic E-state index is -0.696. The van der Waals surface area contributed by atoms with Crippen LogP contribution in [-0.2, 0) is 0 Å². The molecule has 0 bridgehead atoms. The molecule has 0 unspecified atom stereocenters. The fourth-order valence-corrected chi connectivity index (χ4v) is 0.496. The van der Waals surface area contributed by atoms with Gasteiger partial charge in [-0.25, -0.2) is 10.2 Å². The van der Waals surface area contributed by atoms with Gasteiger partial charge in [0.1, 0.15) is 0 Å². The molecule has 64 valence electrons. The molecule has 0 saturated carbocycles. The molecule has 0 radical (unpaired) electrons. The Bertz CT molecular complexity index is 248. The van der Waals surface area contributed by atoms with E-state index in [1.807, 2.05) is 12.3 Å². The average molecular weight is 165 g/mol. The van der Waals surface area contributed by atoms with Crippen LogP contribution in [0.25, 0.3) is 0 Å². The Morgan fingerprint density at radius 2 is 2.50 bits per heavy atom. The zero-order valence-electron chi connectivity index (χ0n) is 6.87. The van der Waals surface area contributed by atoms with Crippen molar-refractivity contribution in [2.45, 2.75) is 13.3 Å². The minimum absolute atomic E-state index is 0.696. The van der Waals surface area contributed by atoms with E-state index in [1.54, 1.807) is 6.08 Å². The number of nitrogens with one attached hydrogen (secondary N) is 1. The van der Waals surface area contributed by atoms with Gasteiger partial charge < -0.3 is 5.73 Å². The van der Waals surface area contributed by atoms with Crippen molar-refractivity contribution in [1.82, 2.24) is 5.43 Å². The molecule has 0 atom stereocenters. The molecular formula is C8H11N3O. The van der Waals surface area contributed by atoms with Gasteiger partial charge in [0, 0.05) is 11.8 Å². The van der Waals surface area contributed by atoms with Crippen LogP contribution in [0.15, 0.2) is 16.8 Å². The van der Waals surface area contributed by atoms with Gasteiger partial charge in [-0.3, -0.25) is 0 Å². The van der Waals surface area contributed by atoms with Gasteiger partial charge in [-0.2, -0.15) is 5.10 Å². The highest BCUT2D eigenvalue weighted by molar-refractivity contribution is 5.77. The second-order valence-corrected chi connectivity index (χ2v) is 1.94. The second kappa shape index (κ2) is 5.98. The van der Waals surface area contributed by atoms with Gasteiger partial charge in [0.05, 0.1) is 0 Å². The van der Waals surface area contributed by atoms with Crippen LogP contribution in [-0.4, -0.2) is 12.2 Å². The molecule has 2 amide bonds. The van der Waals surface area contributed by atoms with Crippen molar-refractivity contribution in [3.63, 3.8) is 0 Å². The Balaban J connectivity index is 3.94. The van der Waals surface area contributed by atoms with Gasteiger partial charge in [0.15, 0.2) is 0 Å². The van der Waals surface area contributed by atoms with E-state index in [2.05, 4.69) is 11.0 Å². The lowest BCUT2D eigenvalue weighted by Gasteiger charge is -1.89. The lowest BCUT2D eigenvalue weighted by molar-refractivity contribution is 0.249. The summed E-state index contributed by atoms with van der Waals surface area (Å²) in [5.74, 6) is 2.47. The normalized spacial score (nSPS) is 11.2. The number of nitrogens with zero attached hydrogens (tertiary/aromatic N) is 1. The number of primary amides is 1. The maximum atomic E-state index is 10.1. The third-order valence-corrected chi connectivity index (χ3v) is 1.09. The van der Waals surface area contributed by atoms with E-state index in [-0.39, 0.29) is 0 Å². The van der Waals surface area contributed by atoms with Crippen LogP contribution in [0.1, 0.15) is 13.3 Å². The number of hydrogen-bond donors (Lipinski definition) is 2. The van der Waals surface area contributed by atoms with E-state index in [1.165, 1.54) is 6.21 Å². The molecule has 0 aromatic rings. The van der Waals surface area contributed by atoms with Crippen molar-refractivity contribution in [3.05, 3.63) is 11.6 Å². The largest absolute Gasteiger partial charge is 0.350 e. The monoisotopic (exact) mass is 165 g/mol. The van der Waals surface area contributed by atoms with Gasteiger partial charge in [-0.05, 0) is 12.5 Å². The average Bonchev–Trinajstić information content (AvgIpc) is 2.04. The van der Waals surface area contributed by atoms with Crippen LogP contribution in [0.5, 0.6) is 0 Å². The molecule has 0 saturated heterocycles. The van der Waals surface area contributed by atoms with Crippen LogP contribution in [0.4, 0.5) is 4.79 Å². The number of hydrogen-bond acceptors (Lipinski definition) is 2. The number of carbonyl (C=O) groups is 1. The molecule has 0 aliphatic heterocycles. The summed E-state index contributed by atoms with van der Waals surface area (Å²) in [6.07, 6.45) is 8.92. The van der Waals surface area contributed by atoms with Crippen molar-refractivity contribution in [3.8, 4) is 12.3 Å². The van der Waals surface area contributed by atoms with Crippen molar-refractivity contribution in [2.24, 2.45) is 10.8 Å². The molecule has 0 aliphatic rings. The Morgan fingerprint density at radius 1 is 1.83 bits per heavy atom. The minimum Gasteiger partial charge on any atom is -0.350 e. The first-order valence-electron chi connectivity index (χ1n) is 3.45. The quantitative estimate of drug-likeness (QED) is 0.359. The summed E-state index contributed by atoms with van der Waals surface area (Å²) < 4.78 is 0. The Morgan fingerprint density at radius 3 is 2.92 bits per heavy atom. The van der Waals surface area contributed by atoms with Crippen LogP contribution >= 0.6 is 0 Å². The van der Waals surface area contributed by atoms with E-state index in [4.69, 9.17) is 12.2 Å². The predicted molar refractivity (Wildman–Crippen MR) is 48.4 cm³/mol. The molecule has 4 heteroatoms. The maximum Gasteiger partial charge on any atom is 0.332 e. The summed E-state index contributed by atoms with van der Waals surface area (Å²) in [4.78, 5) is 10.1. The SMILES string of the molecule is C#C/C(=C\C=N\NC(N)=O)CC. The number of carbonyl (C=O) groups excluding carboxylic acids is 1. The topological polar surface area (TPSA) is 67.5 Å². The molecule has 0 aromatic carbocycles. The predicted octanol–water partition coefficient (Wildman–Crippen LogP) is 0.610. The molecule has 3 N–H and O–H groups in total. The molecule has 0 fully saturated rings. The number of nitrogens with two attached hydrogens (primary N) is 1. The summed E-state index contributed by atoms with van der Waals surface area (Å²) >= 11 is 0. The van der Waals surface area contributed by atoms with E-state index in [0.717, 1.165) is 12.0 Å². The van der Waals surface area contributed by atoms with Gasteiger partial charge in [-0.1, -0.05) is 12.8 Å². The van der Waals surface area contributed by atoms with Crippen molar-refractivity contribution in [2.75, 3.05) is 0 Å². The lowest BCUT2D eigenvalue weighted by atomic mass is 10.2. The number of hydrazone groups is 1. The van der Waals surface area contributed by atoms with Gasteiger partial charge in [0.25, 0.3) is 0 Å². The highest BCUT2D eigenvalue weighted by atomic mass is 16.2. The highest BCUT2D eigenvalue weighted by Crippen LogP contribution is 1.94. The first-order chi connectivity index (χ1) is 5.70. The van der Waals surface area contributed by atoms with Crippen LogP contribution in [0, 0.1) is 12.3 Å². The first kappa shape index (κ1) is 10.2. The number of urea groups is 1. The summed E-state index contributed by atoms with van der Waals surface area (Å²) in [6, 6.07) is -0.696. The Kier molecular flexibility index (Phi) is 5.11. The smallest absolute Gasteiger partial charge is 0.332 e. The highest BCUT2D eigenvalue weighted by Gasteiger charge is 1.84. The van der Waals surface area contributed by atoms with Crippen LogP contribution in [0.3, 0.4) is 0 Å². The Labute approximate surface area is 71.5 Å². The number of rotatable bonds is 3. The lowest BCUT2D eigenvalue weighted by Crippen LogP contribution is -2.24. The molecule has 0 spiro atoms. The second-order valence-electron chi connectivity index (χ2n) is 1.94. The van der Waals surface area contributed by atoms with Crippen molar-refractivity contribution < 1.29 is 4.79 Å². The van der Waals surface area contributed by atoms with Crippen molar-refractivity contribution >= 4 is 12.2 Å². The van der Waals surface area contributed by atoms with Crippen LogP contribution in [0.2, 0.25) is 0 Å². The number of terminal acetylenes is 1. The molecule has 0 aliphatic carbocycles. The van der Waals surface area contributed by atoms with Gasteiger partial charge in [-0.15, -0.1) is 6.42 Å². The number of allylic oxidation sites excluding steroid dienone is 2. The van der Waals surface area contributed by atoms with Crippen molar-refractivity contribution in [1.29, 1.82) is 0 Å². The summed E-state index contributed by atoms with van der Waals surface area (Å²) in [7, 11) is 0. The van der Waals surface area contributed by atoms with Gasteiger partial charge in [0.2, 0.25) is 0 Å². The third-order valence-electron chi connectivity index (χ3n) is 1.09. The van der Waals surface area contributed by atoms with E-state index < -0.39 is 6.03 Å². The zero-order valence-corrected chi connectivity index (χ0v) is 6.87. The Hall–Kier alpha value is -1.76. The van der Waals surface area contributed by atoms with Gasteiger partial charge >= 0.3 is 6.03 Å². The summed E-state index contributed by atoms with van der Waals surface area (Å²) in [5.41, 5.74) is 7.60. The van der Waals surface area contributed by atoms with Crippen LogP contribution < -0.4 is 11.2 Å².